The van der Waals surface area contributed by atoms with Gasteiger partial charge < -0.3 is 19.9 Å². The predicted molar refractivity (Wildman–Crippen MR) is 132 cm³/mol. The van der Waals surface area contributed by atoms with Crippen LogP contribution in [0, 0.1) is 0 Å². The number of aromatic nitrogens is 2. The van der Waals surface area contributed by atoms with Crippen molar-refractivity contribution in [1.29, 1.82) is 0 Å². The Balaban J connectivity index is 2.47. The van der Waals surface area contributed by atoms with E-state index in [1.165, 1.54) is 17.9 Å². The number of carbonyl (C=O) groups is 2. The lowest BCUT2D eigenvalue weighted by Crippen LogP contribution is -2.27. The summed E-state index contributed by atoms with van der Waals surface area (Å²) in [5, 5.41) is 7.08. The number of hydrogen-bond donors (Lipinski definition) is 2. The van der Waals surface area contributed by atoms with E-state index in [-0.39, 0.29) is 23.1 Å². The van der Waals surface area contributed by atoms with Crippen LogP contribution in [-0.4, -0.2) is 49.2 Å². The van der Waals surface area contributed by atoms with Gasteiger partial charge in [-0.25, -0.2) is 14.3 Å². The number of halogens is 1. The lowest BCUT2D eigenvalue weighted by atomic mass is 10.0. The first-order valence-electron chi connectivity index (χ1n) is 10.5. The Morgan fingerprint density at radius 1 is 1.24 bits per heavy atom. The summed E-state index contributed by atoms with van der Waals surface area (Å²) in [6.07, 6.45) is -0.656. The van der Waals surface area contributed by atoms with E-state index in [9.17, 15) is 9.59 Å². The molecule has 0 bridgehead atoms. The number of esters is 1. The molecule has 0 radical (unpaired) electrons. The molecule has 0 saturated carbocycles. The summed E-state index contributed by atoms with van der Waals surface area (Å²) in [7, 11) is 0.0202. The van der Waals surface area contributed by atoms with Gasteiger partial charge in [0.15, 0.2) is 5.15 Å². The number of hydrogen-bond acceptors (Lipinski definition) is 7. The van der Waals surface area contributed by atoms with Crippen LogP contribution in [-0.2, 0) is 20.9 Å². The molecule has 33 heavy (non-hydrogen) atoms. The van der Waals surface area contributed by atoms with Crippen molar-refractivity contribution < 1.29 is 23.8 Å². The van der Waals surface area contributed by atoms with Gasteiger partial charge in [-0.3, -0.25) is 5.32 Å². The summed E-state index contributed by atoms with van der Waals surface area (Å²) in [6.45, 7) is 12.7. The highest BCUT2D eigenvalue weighted by atomic mass is 35.5. The van der Waals surface area contributed by atoms with Crippen LogP contribution in [0.2, 0.25) is 30.8 Å². The van der Waals surface area contributed by atoms with Crippen LogP contribution in [0.3, 0.4) is 0 Å². The molecule has 0 spiro atoms. The first-order valence-corrected chi connectivity index (χ1v) is 14.6. The SMILES string of the molecule is COC(=O)c1ccc(NC(=O)OC(C)(C)C)c(-c2c(N)c(Cl)nn2COCC[Si](C)(C)C)c1. The van der Waals surface area contributed by atoms with Crippen LogP contribution < -0.4 is 11.1 Å². The standard InChI is InChI=1S/C22H33ClN4O5Si/c1-22(2,3)32-21(29)25-16-9-8-14(20(28)30-4)12-15(16)18-17(24)19(23)26-27(18)13-31-10-11-33(5,6)7/h8-9,12H,10-11,13,24H2,1-7H3,(H,25,29). The fourth-order valence-electron chi connectivity index (χ4n) is 2.86. The molecule has 0 aliphatic heterocycles. The fourth-order valence-corrected chi connectivity index (χ4v) is 3.80. The van der Waals surface area contributed by atoms with Gasteiger partial charge in [-0.05, 0) is 45.0 Å². The van der Waals surface area contributed by atoms with Gasteiger partial charge >= 0.3 is 12.1 Å². The topological polar surface area (TPSA) is 118 Å². The van der Waals surface area contributed by atoms with Crippen LogP contribution in [0.15, 0.2) is 18.2 Å². The zero-order valence-corrected chi connectivity index (χ0v) is 22.0. The molecule has 0 aliphatic rings. The fraction of sp³-hybridized carbons (Fsp3) is 0.500. The van der Waals surface area contributed by atoms with E-state index in [0.29, 0.717) is 23.6 Å². The average Bonchev–Trinajstić information content (AvgIpc) is 2.96. The molecule has 1 amide bonds. The third-order valence-corrected chi connectivity index (χ3v) is 6.47. The van der Waals surface area contributed by atoms with Crippen molar-refractivity contribution in [1.82, 2.24) is 9.78 Å². The third kappa shape index (κ3) is 7.76. The molecule has 11 heteroatoms. The van der Waals surface area contributed by atoms with Gasteiger partial charge in [0, 0.05) is 20.2 Å². The van der Waals surface area contributed by atoms with Crippen LogP contribution in [0.25, 0.3) is 11.3 Å². The minimum Gasteiger partial charge on any atom is -0.465 e. The van der Waals surface area contributed by atoms with Gasteiger partial charge in [-0.15, -0.1) is 0 Å². The van der Waals surface area contributed by atoms with Crippen LogP contribution >= 0.6 is 11.6 Å². The van der Waals surface area contributed by atoms with Crippen molar-refractivity contribution in [3.05, 3.63) is 28.9 Å². The minimum atomic E-state index is -1.27. The van der Waals surface area contributed by atoms with E-state index in [1.807, 2.05) is 0 Å². The molecule has 2 rings (SSSR count). The van der Waals surface area contributed by atoms with E-state index < -0.39 is 25.7 Å². The summed E-state index contributed by atoms with van der Waals surface area (Å²) >= 11 is 6.24. The number of anilines is 2. The van der Waals surface area contributed by atoms with Crippen molar-refractivity contribution in [3.8, 4) is 11.3 Å². The highest BCUT2D eigenvalue weighted by Gasteiger charge is 2.23. The number of amides is 1. The van der Waals surface area contributed by atoms with Crippen LogP contribution in [0.1, 0.15) is 31.1 Å². The number of methoxy groups -OCH3 is 1. The number of carbonyl (C=O) groups excluding carboxylic acids is 2. The van der Waals surface area contributed by atoms with Crippen LogP contribution in [0.4, 0.5) is 16.2 Å². The van der Waals surface area contributed by atoms with Gasteiger partial charge in [-0.2, -0.15) is 5.10 Å². The second-order valence-corrected chi connectivity index (χ2v) is 15.8. The van der Waals surface area contributed by atoms with E-state index in [0.717, 1.165) is 6.04 Å². The Hall–Kier alpha value is -2.56. The van der Waals surface area contributed by atoms with E-state index in [4.69, 9.17) is 31.5 Å². The Labute approximate surface area is 200 Å². The molecule has 1 aromatic heterocycles. The summed E-state index contributed by atoms with van der Waals surface area (Å²) < 4.78 is 17.5. The minimum absolute atomic E-state index is 0.0884. The smallest absolute Gasteiger partial charge is 0.412 e. The monoisotopic (exact) mass is 496 g/mol. The molecule has 3 N–H and O–H groups in total. The number of rotatable bonds is 8. The summed E-state index contributed by atoms with van der Waals surface area (Å²) in [4.78, 5) is 24.6. The zero-order chi connectivity index (χ0) is 25.0. The molecule has 2 aromatic rings. The van der Waals surface area contributed by atoms with Gasteiger partial charge in [0.25, 0.3) is 0 Å². The Bertz CT molecular complexity index is 1010. The quantitative estimate of drug-likeness (QED) is 0.291. The molecule has 0 unspecified atom stereocenters. The molecule has 0 atom stereocenters. The molecule has 1 aromatic carbocycles. The molecular weight excluding hydrogens is 464 g/mol. The summed E-state index contributed by atoms with van der Waals surface area (Å²) in [5.41, 5.74) is 7.21. The Morgan fingerprint density at radius 3 is 2.48 bits per heavy atom. The molecule has 9 nitrogen and oxygen atoms in total. The molecule has 0 aliphatic carbocycles. The number of nitrogens with two attached hydrogens (primary N) is 1. The largest absolute Gasteiger partial charge is 0.465 e. The van der Waals surface area contributed by atoms with Gasteiger partial charge in [0.05, 0.1) is 29.7 Å². The van der Waals surface area contributed by atoms with E-state index in [1.54, 1.807) is 32.9 Å². The first kappa shape index (κ1) is 26.7. The first-order chi connectivity index (χ1) is 15.2. The number of benzene rings is 1. The molecule has 0 saturated heterocycles. The maximum atomic E-state index is 12.4. The van der Waals surface area contributed by atoms with Crippen molar-refractivity contribution in [2.24, 2.45) is 0 Å². The predicted octanol–water partition coefficient (Wildman–Crippen LogP) is 5.23. The van der Waals surface area contributed by atoms with Gasteiger partial charge in [-0.1, -0.05) is 31.2 Å². The molecule has 182 valence electrons. The van der Waals surface area contributed by atoms with Crippen molar-refractivity contribution in [2.45, 2.75) is 58.8 Å². The summed E-state index contributed by atoms with van der Waals surface area (Å²) in [5.74, 6) is -0.540. The highest BCUT2D eigenvalue weighted by Crippen LogP contribution is 2.37. The van der Waals surface area contributed by atoms with Crippen molar-refractivity contribution in [3.63, 3.8) is 0 Å². The van der Waals surface area contributed by atoms with Gasteiger partial charge in [0.2, 0.25) is 0 Å². The lowest BCUT2D eigenvalue weighted by Gasteiger charge is -2.21. The maximum Gasteiger partial charge on any atom is 0.412 e. The Morgan fingerprint density at radius 2 is 1.91 bits per heavy atom. The maximum absolute atomic E-state index is 12.4. The second kappa shape index (κ2) is 10.6. The molecule has 0 fully saturated rings. The lowest BCUT2D eigenvalue weighted by molar-refractivity contribution is 0.0599. The molecular formula is C22H33ClN4O5Si. The van der Waals surface area contributed by atoms with Gasteiger partial charge in [0.1, 0.15) is 12.3 Å². The number of nitrogens with zero attached hydrogens (tertiary/aromatic N) is 2. The van der Waals surface area contributed by atoms with E-state index in [2.05, 4.69) is 30.1 Å². The normalized spacial score (nSPS) is 11.9. The van der Waals surface area contributed by atoms with Crippen molar-refractivity contribution >= 4 is 43.1 Å². The second-order valence-electron chi connectivity index (χ2n) is 9.78. The van der Waals surface area contributed by atoms with E-state index >= 15 is 0 Å². The number of nitrogen functional groups attached to an aromatic ring is 1. The highest BCUT2D eigenvalue weighted by molar-refractivity contribution is 6.76. The average molecular weight is 497 g/mol. The summed E-state index contributed by atoms with van der Waals surface area (Å²) in [6, 6.07) is 5.64. The Kier molecular flexibility index (Phi) is 8.55. The third-order valence-electron chi connectivity index (χ3n) is 4.49. The van der Waals surface area contributed by atoms with Crippen LogP contribution in [0.5, 0.6) is 0 Å². The number of ether oxygens (including phenoxy) is 3. The van der Waals surface area contributed by atoms with Crippen molar-refractivity contribution in [2.75, 3.05) is 24.8 Å². The number of nitrogens with one attached hydrogen (secondary N) is 1. The zero-order valence-electron chi connectivity index (χ0n) is 20.2. The molecule has 1 heterocycles.